The second-order valence-corrected chi connectivity index (χ2v) is 17.2. The number of unbranched alkanes of at least 4 members (excludes halogenated alkanes) is 31. The highest BCUT2D eigenvalue weighted by atomic mass is 16.6. The fraction of sp³-hybridized carbons (Fsp3) is 0.939. The van der Waals surface area contributed by atoms with Gasteiger partial charge in [0.15, 0.2) is 6.10 Å². The Morgan fingerprint density at radius 2 is 0.600 bits per heavy atom. The number of hydrogen-bond donors (Lipinski definition) is 0. The molecular weight excluding hydrogens is 685 g/mol. The van der Waals surface area contributed by atoms with Gasteiger partial charge in [-0.2, -0.15) is 0 Å². The molecule has 326 valence electrons. The van der Waals surface area contributed by atoms with Gasteiger partial charge in [0.25, 0.3) is 0 Å². The van der Waals surface area contributed by atoms with Crippen molar-refractivity contribution in [2.24, 2.45) is 5.92 Å². The zero-order valence-corrected chi connectivity index (χ0v) is 37.4. The summed E-state index contributed by atoms with van der Waals surface area (Å²) in [5.41, 5.74) is 0. The summed E-state index contributed by atoms with van der Waals surface area (Å²) in [6.07, 6.45) is 44.1. The highest BCUT2D eigenvalue weighted by Crippen LogP contribution is 2.17. The largest absolute Gasteiger partial charge is 0.462 e. The van der Waals surface area contributed by atoms with Crippen LogP contribution in [0.4, 0.5) is 0 Å². The van der Waals surface area contributed by atoms with E-state index in [1.54, 1.807) is 0 Å². The summed E-state index contributed by atoms with van der Waals surface area (Å²) < 4.78 is 16.6. The zero-order valence-electron chi connectivity index (χ0n) is 37.4. The first-order chi connectivity index (χ1) is 26.9. The molecule has 1 atom stereocenters. The zero-order chi connectivity index (χ0) is 40.3. The van der Waals surface area contributed by atoms with Crippen molar-refractivity contribution in [2.45, 2.75) is 278 Å². The van der Waals surface area contributed by atoms with E-state index < -0.39 is 6.10 Å². The Bertz CT molecular complexity index is 826. The van der Waals surface area contributed by atoms with Gasteiger partial charge in [-0.05, 0) is 25.2 Å². The van der Waals surface area contributed by atoms with Gasteiger partial charge in [0.1, 0.15) is 13.2 Å². The summed E-state index contributed by atoms with van der Waals surface area (Å²) in [5, 5.41) is 0. The number of hydrogen-bond acceptors (Lipinski definition) is 6. The lowest BCUT2D eigenvalue weighted by Crippen LogP contribution is -2.30. The molecule has 0 saturated carbocycles. The first-order valence-corrected chi connectivity index (χ1v) is 24.4. The average molecular weight is 779 g/mol. The summed E-state index contributed by atoms with van der Waals surface area (Å²) in [6, 6.07) is 0. The van der Waals surface area contributed by atoms with Crippen molar-refractivity contribution in [3.8, 4) is 0 Å². The van der Waals surface area contributed by atoms with Crippen LogP contribution in [-0.4, -0.2) is 37.2 Å². The highest BCUT2D eigenvalue weighted by Gasteiger charge is 2.19. The Hall–Kier alpha value is -1.59. The Morgan fingerprint density at radius 1 is 0.345 bits per heavy atom. The summed E-state index contributed by atoms with van der Waals surface area (Å²) in [6.45, 7) is 8.95. The number of rotatable bonds is 44. The maximum absolute atomic E-state index is 12.5. The van der Waals surface area contributed by atoms with E-state index in [1.165, 1.54) is 161 Å². The molecule has 0 aliphatic heterocycles. The molecule has 0 aromatic carbocycles. The Morgan fingerprint density at radius 3 is 0.891 bits per heavy atom. The second-order valence-electron chi connectivity index (χ2n) is 17.2. The molecule has 0 saturated heterocycles. The standard InChI is InChI=1S/C49H94O6/c1-5-7-9-11-12-13-14-15-16-20-23-26-29-33-36-40-47(50)53-43-46(55-49(52)42-38-31-10-8-6-2)44-54-48(51)41-37-34-30-27-24-21-18-17-19-22-25-28-32-35-39-45(3)4/h45-46H,5-44H2,1-4H3/t46-/m1/s1. The van der Waals surface area contributed by atoms with Crippen molar-refractivity contribution in [1.82, 2.24) is 0 Å². The molecule has 0 heterocycles. The molecule has 0 aliphatic carbocycles. The molecule has 55 heavy (non-hydrogen) atoms. The van der Waals surface area contributed by atoms with Crippen molar-refractivity contribution in [2.75, 3.05) is 13.2 Å². The lowest BCUT2D eigenvalue weighted by atomic mass is 10.0. The van der Waals surface area contributed by atoms with Crippen LogP contribution in [0.1, 0.15) is 272 Å². The lowest BCUT2D eigenvalue weighted by molar-refractivity contribution is -0.167. The minimum atomic E-state index is -0.758. The molecule has 6 nitrogen and oxygen atoms in total. The van der Waals surface area contributed by atoms with Gasteiger partial charge in [-0.25, -0.2) is 0 Å². The molecular formula is C49H94O6. The Labute approximate surface area is 342 Å². The molecule has 0 bridgehead atoms. The van der Waals surface area contributed by atoms with Gasteiger partial charge >= 0.3 is 17.9 Å². The van der Waals surface area contributed by atoms with Gasteiger partial charge in [-0.3, -0.25) is 14.4 Å². The minimum absolute atomic E-state index is 0.0646. The highest BCUT2D eigenvalue weighted by molar-refractivity contribution is 5.71. The molecule has 6 heteroatoms. The van der Waals surface area contributed by atoms with Gasteiger partial charge < -0.3 is 14.2 Å². The van der Waals surface area contributed by atoms with Crippen LogP contribution in [0.25, 0.3) is 0 Å². The monoisotopic (exact) mass is 779 g/mol. The van der Waals surface area contributed by atoms with E-state index in [0.29, 0.717) is 19.3 Å². The molecule has 0 radical (unpaired) electrons. The van der Waals surface area contributed by atoms with E-state index in [2.05, 4.69) is 27.7 Å². The molecule has 0 aliphatic rings. The second kappa shape index (κ2) is 43.5. The molecule has 0 N–H and O–H groups in total. The van der Waals surface area contributed by atoms with Gasteiger partial charge in [0, 0.05) is 19.3 Å². The van der Waals surface area contributed by atoms with E-state index in [0.717, 1.165) is 70.1 Å². The lowest BCUT2D eigenvalue weighted by Gasteiger charge is -2.18. The van der Waals surface area contributed by atoms with Gasteiger partial charge in [-0.1, -0.05) is 233 Å². The van der Waals surface area contributed by atoms with Crippen LogP contribution in [0.5, 0.6) is 0 Å². The fourth-order valence-corrected chi connectivity index (χ4v) is 7.33. The molecule has 0 spiro atoms. The topological polar surface area (TPSA) is 78.9 Å². The molecule has 0 aromatic rings. The van der Waals surface area contributed by atoms with Crippen molar-refractivity contribution < 1.29 is 28.6 Å². The van der Waals surface area contributed by atoms with Crippen LogP contribution in [-0.2, 0) is 28.6 Å². The predicted octanol–water partition coefficient (Wildman–Crippen LogP) is 15.5. The third-order valence-electron chi connectivity index (χ3n) is 11.0. The summed E-state index contributed by atoms with van der Waals surface area (Å²) in [5.74, 6) is -0.0186. The van der Waals surface area contributed by atoms with Crippen LogP contribution in [0.2, 0.25) is 0 Å². The van der Waals surface area contributed by atoms with Gasteiger partial charge in [-0.15, -0.1) is 0 Å². The quantitative estimate of drug-likeness (QED) is 0.0348. The van der Waals surface area contributed by atoms with Gasteiger partial charge in [0.2, 0.25) is 0 Å². The predicted molar refractivity (Wildman–Crippen MR) is 233 cm³/mol. The summed E-state index contributed by atoms with van der Waals surface area (Å²) in [7, 11) is 0. The maximum Gasteiger partial charge on any atom is 0.306 e. The van der Waals surface area contributed by atoms with E-state index in [1.807, 2.05) is 0 Å². The van der Waals surface area contributed by atoms with Crippen LogP contribution < -0.4 is 0 Å². The molecule has 0 amide bonds. The number of carbonyl (C=O) groups is 3. The SMILES string of the molecule is CCCCCCCCCCCCCCCCCC(=O)OC[C@H](COC(=O)CCCCCCCCCCCCCCCCC(C)C)OC(=O)CCCCCCC. The van der Waals surface area contributed by atoms with E-state index in [-0.39, 0.29) is 31.1 Å². The van der Waals surface area contributed by atoms with Crippen LogP contribution >= 0.6 is 0 Å². The van der Waals surface area contributed by atoms with Crippen molar-refractivity contribution >= 4 is 17.9 Å². The molecule has 0 fully saturated rings. The van der Waals surface area contributed by atoms with E-state index >= 15 is 0 Å². The average Bonchev–Trinajstić information content (AvgIpc) is 3.17. The van der Waals surface area contributed by atoms with Crippen molar-refractivity contribution in [1.29, 1.82) is 0 Å². The maximum atomic E-state index is 12.5. The smallest absolute Gasteiger partial charge is 0.306 e. The third kappa shape index (κ3) is 43.4. The third-order valence-corrected chi connectivity index (χ3v) is 11.0. The van der Waals surface area contributed by atoms with E-state index in [9.17, 15) is 14.4 Å². The van der Waals surface area contributed by atoms with Gasteiger partial charge in [0.05, 0.1) is 0 Å². The Kier molecular flexibility index (Phi) is 42.3. The van der Waals surface area contributed by atoms with Crippen LogP contribution in [0.3, 0.4) is 0 Å². The first-order valence-electron chi connectivity index (χ1n) is 24.4. The first kappa shape index (κ1) is 53.4. The van der Waals surface area contributed by atoms with Crippen LogP contribution in [0, 0.1) is 5.92 Å². The number of ether oxygens (including phenoxy) is 3. The van der Waals surface area contributed by atoms with Crippen LogP contribution in [0.15, 0.2) is 0 Å². The summed E-state index contributed by atoms with van der Waals surface area (Å²) >= 11 is 0. The minimum Gasteiger partial charge on any atom is -0.462 e. The Balaban J connectivity index is 4.08. The fourth-order valence-electron chi connectivity index (χ4n) is 7.33. The number of carbonyl (C=O) groups excluding carboxylic acids is 3. The molecule has 0 unspecified atom stereocenters. The number of esters is 3. The molecule has 0 rings (SSSR count). The van der Waals surface area contributed by atoms with E-state index in [4.69, 9.17) is 14.2 Å². The normalized spacial score (nSPS) is 11.9. The van der Waals surface area contributed by atoms with Crippen molar-refractivity contribution in [3.63, 3.8) is 0 Å². The molecule has 0 aromatic heterocycles. The van der Waals surface area contributed by atoms with Crippen molar-refractivity contribution in [3.05, 3.63) is 0 Å². The summed E-state index contributed by atoms with van der Waals surface area (Å²) in [4.78, 5) is 37.5.